The van der Waals surface area contributed by atoms with Crippen LogP contribution in [0.25, 0.3) is 0 Å². The highest BCUT2D eigenvalue weighted by atomic mass is 32.2. The summed E-state index contributed by atoms with van der Waals surface area (Å²) in [5.74, 6) is -1.49. The van der Waals surface area contributed by atoms with E-state index in [1.54, 1.807) is 35.1 Å². The molecule has 0 radical (unpaired) electrons. The maximum Gasteiger partial charge on any atom is 0.402 e. The highest BCUT2D eigenvalue weighted by Gasteiger charge is 2.31. The van der Waals surface area contributed by atoms with Crippen molar-refractivity contribution in [1.82, 2.24) is 9.44 Å². The quantitative estimate of drug-likeness (QED) is 0.686. The summed E-state index contributed by atoms with van der Waals surface area (Å²) >= 11 is 0. The minimum absolute atomic E-state index is 0.191. The third kappa shape index (κ3) is 7.06. The maximum absolute atomic E-state index is 12.0. The predicted molar refractivity (Wildman–Crippen MR) is 67.7 cm³/mol. The van der Waals surface area contributed by atoms with Gasteiger partial charge in [-0.15, -0.1) is 0 Å². The number of carboxylic acid groups (broad SMARTS) is 1. The van der Waals surface area contributed by atoms with E-state index in [1.807, 2.05) is 0 Å². The standard InChI is InChI=1S/C11H13F3N2O4S/c12-11(13,14)7-15-21(19,20)16-9(10(17)18)6-8-4-2-1-3-5-8/h1-5,9,15-16H,6-7H2,(H,17,18)/t9-/m1/s1. The lowest BCUT2D eigenvalue weighted by Crippen LogP contribution is -2.49. The van der Waals surface area contributed by atoms with Gasteiger partial charge < -0.3 is 5.11 Å². The third-order valence-electron chi connectivity index (χ3n) is 2.34. The number of carbonyl (C=O) groups is 1. The van der Waals surface area contributed by atoms with Crippen molar-refractivity contribution in [1.29, 1.82) is 0 Å². The highest BCUT2D eigenvalue weighted by molar-refractivity contribution is 7.87. The van der Waals surface area contributed by atoms with Gasteiger partial charge in [0.15, 0.2) is 0 Å². The Bertz CT molecular complexity index is 575. The van der Waals surface area contributed by atoms with Crippen LogP contribution in [0.5, 0.6) is 0 Å². The van der Waals surface area contributed by atoms with Crippen LogP contribution in [0.3, 0.4) is 0 Å². The molecule has 118 valence electrons. The number of hydrogen-bond acceptors (Lipinski definition) is 3. The van der Waals surface area contributed by atoms with Crippen molar-refractivity contribution in [2.75, 3.05) is 6.54 Å². The Labute approximate surface area is 119 Å². The second kappa shape index (κ2) is 6.87. The molecule has 1 rings (SSSR count). The molecule has 0 heterocycles. The summed E-state index contributed by atoms with van der Waals surface area (Å²) in [7, 11) is -4.58. The van der Waals surface area contributed by atoms with E-state index >= 15 is 0 Å². The Morgan fingerprint density at radius 1 is 1.24 bits per heavy atom. The number of halogens is 3. The molecule has 1 aromatic carbocycles. The monoisotopic (exact) mass is 326 g/mol. The van der Waals surface area contributed by atoms with Crippen molar-refractivity contribution in [3.8, 4) is 0 Å². The molecular formula is C11H13F3N2O4S. The van der Waals surface area contributed by atoms with Crippen LogP contribution in [0.1, 0.15) is 5.56 Å². The van der Waals surface area contributed by atoms with Gasteiger partial charge in [-0.05, 0) is 12.0 Å². The minimum Gasteiger partial charge on any atom is -0.480 e. The molecule has 1 aromatic rings. The summed E-state index contributed by atoms with van der Waals surface area (Å²) in [6.45, 7) is -1.78. The van der Waals surface area contributed by atoms with Crippen molar-refractivity contribution >= 4 is 16.2 Å². The Kier molecular flexibility index (Phi) is 5.70. The zero-order valence-corrected chi connectivity index (χ0v) is 11.4. The van der Waals surface area contributed by atoms with Gasteiger partial charge in [0, 0.05) is 0 Å². The number of rotatable bonds is 7. The smallest absolute Gasteiger partial charge is 0.402 e. The molecule has 21 heavy (non-hydrogen) atoms. The second-order valence-electron chi connectivity index (χ2n) is 4.14. The SMILES string of the molecule is O=C(O)[C@@H](Cc1ccccc1)NS(=O)(=O)NCC(F)(F)F. The van der Waals surface area contributed by atoms with Gasteiger partial charge in [-0.2, -0.15) is 31.0 Å². The van der Waals surface area contributed by atoms with Gasteiger partial charge in [0.1, 0.15) is 12.6 Å². The van der Waals surface area contributed by atoms with E-state index < -0.39 is 34.9 Å². The van der Waals surface area contributed by atoms with E-state index in [0.717, 1.165) is 0 Å². The van der Waals surface area contributed by atoms with Crippen LogP contribution in [0, 0.1) is 0 Å². The maximum atomic E-state index is 12.0. The van der Waals surface area contributed by atoms with Crippen LogP contribution in [0.2, 0.25) is 0 Å². The van der Waals surface area contributed by atoms with Gasteiger partial charge in [0.2, 0.25) is 0 Å². The number of nitrogens with one attached hydrogen (secondary N) is 2. The zero-order valence-electron chi connectivity index (χ0n) is 10.6. The summed E-state index contributed by atoms with van der Waals surface area (Å²) < 4.78 is 61.6. The lowest BCUT2D eigenvalue weighted by atomic mass is 10.1. The van der Waals surface area contributed by atoms with Crippen LogP contribution in [0.4, 0.5) is 13.2 Å². The molecule has 0 fully saturated rings. The van der Waals surface area contributed by atoms with E-state index in [1.165, 1.54) is 4.72 Å². The Morgan fingerprint density at radius 3 is 2.29 bits per heavy atom. The van der Waals surface area contributed by atoms with Crippen molar-refractivity contribution in [2.24, 2.45) is 0 Å². The molecule has 1 atom stereocenters. The Hall–Kier alpha value is -1.65. The fourth-order valence-electron chi connectivity index (χ4n) is 1.43. The topological polar surface area (TPSA) is 95.5 Å². The van der Waals surface area contributed by atoms with Crippen molar-refractivity contribution in [2.45, 2.75) is 18.6 Å². The average Bonchev–Trinajstić information content (AvgIpc) is 2.36. The minimum atomic E-state index is -4.73. The molecule has 0 saturated heterocycles. The van der Waals surface area contributed by atoms with Crippen molar-refractivity contribution < 1.29 is 31.5 Å². The lowest BCUT2D eigenvalue weighted by molar-refractivity contribution is -0.138. The highest BCUT2D eigenvalue weighted by Crippen LogP contribution is 2.12. The van der Waals surface area contributed by atoms with Gasteiger partial charge >= 0.3 is 12.1 Å². The van der Waals surface area contributed by atoms with Crippen LogP contribution in [-0.4, -0.2) is 38.3 Å². The fraction of sp³-hybridized carbons (Fsp3) is 0.364. The Balaban J connectivity index is 2.72. The summed E-state index contributed by atoms with van der Waals surface area (Å²) in [5.41, 5.74) is 0.531. The fourth-order valence-corrected chi connectivity index (χ4v) is 2.43. The average molecular weight is 326 g/mol. The first-order valence-corrected chi connectivity index (χ1v) is 7.18. The summed E-state index contributed by atoms with van der Waals surface area (Å²) in [5, 5.41) is 8.95. The Morgan fingerprint density at radius 2 is 1.81 bits per heavy atom. The van der Waals surface area contributed by atoms with Crippen LogP contribution in [0.15, 0.2) is 30.3 Å². The van der Waals surface area contributed by atoms with Crippen molar-refractivity contribution in [3.63, 3.8) is 0 Å². The molecule has 0 spiro atoms. The summed E-state index contributed by atoms with van der Waals surface area (Å²) in [6, 6.07) is 6.53. The predicted octanol–water partition coefficient (Wildman–Crippen LogP) is 0.669. The molecule has 0 amide bonds. The van der Waals surface area contributed by atoms with Crippen LogP contribution in [-0.2, 0) is 21.4 Å². The van der Waals surface area contributed by atoms with E-state index in [4.69, 9.17) is 5.11 Å². The molecule has 0 unspecified atom stereocenters. The molecule has 0 aromatic heterocycles. The summed E-state index contributed by atoms with van der Waals surface area (Å²) in [6.07, 6.45) is -4.92. The molecule has 0 aliphatic rings. The first-order chi connectivity index (χ1) is 9.59. The molecular weight excluding hydrogens is 313 g/mol. The summed E-state index contributed by atoms with van der Waals surface area (Å²) in [4.78, 5) is 11.0. The number of benzene rings is 1. The van der Waals surface area contributed by atoms with E-state index in [2.05, 4.69) is 0 Å². The molecule has 0 aliphatic heterocycles. The lowest BCUT2D eigenvalue weighted by Gasteiger charge is -2.16. The van der Waals surface area contributed by atoms with E-state index in [0.29, 0.717) is 5.56 Å². The number of carboxylic acids is 1. The van der Waals surface area contributed by atoms with Crippen LogP contribution >= 0.6 is 0 Å². The third-order valence-corrected chi connectivity index (χ3v) is 3.46. The van der Waals surface area contributed by atoms with Gasteiger partial charge in [0.05, 0.1) is 0 Å². The normalized spacial score (nSPS) is 13.9. The van der Waals surface area contributed by atoms with E-state index in [9.17, 15) is 26.4 Å². The number of hydrogen-bond donors (Lipinski definition) is 3. The van der Waals surface area contributed by atoms with Crippen molar-refractivity contribution in [3.05, 3.63) is 35.9 Å². The zero-order chi connectivity index (χ0) is 16.1. The van der Waals surface area contributed by atoms with E-state index in [-0.39, 0.29) is 6.42 Å². The van der Waals surface area contributed by atoms with Gasteiger partial charge in [0.25, 0.3) is 10.2 Å². The first-order valence-electron chi connectivity index (χ1n) is 5.69. The molecule has 0 saturated carbocycles. The van der Waals surface area contributed by atoms with Gasteiger partial charge in [-0.3, -0.25) is 4.79 Å². The molecule has 3 N–H and O–H groups in total. The molecule has 10 heteroatoms. The van der Waals surface area contributed by atoms with Gasteiger partial charge in [-0.1, -0.05) is 30.3 Å². The molecule has 0 bridgehead atoms. The van der Waals surface area contributed by atoms with Gasteiger partial charge in [-0.25, -0.2) is 0 Å². The second-order valence-corrected chi connectivity index (χ2v) is 5.67. The molecule has 6 nitrogen and oxygen atoms in total. The largest absolute Gasteiger partial charge is 0.480 e. The first kappa shape index (κ1) is 17.4. The van der Waals surface area contributed by atoms with Crippen LogP contribution < -0.4 is 9.44 Å². The molecule has 0 aliphatic carbocycles. The number of aliphatic carboxylic acids is 1. The number of alkyl halides is 3.